The zero-order chi connectivity index (χ0) is 13.1. The lowest BCUT2D eigenvalue weighted by molar-refractivity contribution is 0.112. The van der Waals surface area contributed by atoms with Gasteiger partial charge in [0.25, 0.3) is 0 Å². The van der Waals surface area contributed by atoms with Crippen molar-refractivity contribution in [2.45, 2.75) is 0 Å². The first kappa shape index (κ1) is 12.0. The molecule has 0 radical (unpaired) electrons. The third-order valence-electron chi connectivity index (χ3n) is 2.87. The number of fused-ring (bicyclic) bond motifs is 1. The maximum Gasteiger partial charge on any atom is 0.153 e. The Morgan fingerprint density at radius 3 is 2.78 bits per heavy atom. The summed E-state index contributed by atoms with van der Waals surface area (Å²) in [6.07, 6.45) is 5.92. The van der Waals surface area contributed by atoms with Crippen LogP contribution in [0.15, 0.2) is 30.3 Å². The number of hydrogen-bond donors (Lipinski definition) is 1. The van der Waals surface area contributed by atoms with Crippen molar-refractivity contribution in [3.05, 3.63) is 35.9 Å². The predicted molar refractivity (Wildman–Crippen MR) is 73.1 cm³/mol. The van der Waals surface area contributed by atoms with Crippen LogP contribution in [0.3, 0.4) is 0 Å². The molecule has 2 aromatic rings. The molecule has 18 heavy (non-hydrogen) atoms. The summed E-state index contributed by atoms with van der Waals surface area (Å²) >= 11 is 0. The Bertz CT molecular complexity index is 641. The third kappa shape index (κ3) is 2.14. The molecule has 0 bridgehead atoms. The zero-order valence-corrected chi connectivity index (χ0v) is 10.1. The Labute approximate surface area is 106 Å². The Morgan fingerprint density at radius 2 is 2.11 bits per heavy atom. The first-order valence-electron chi connectivity index (χ1n) is 5.52. The highest BCUT2D eigenvalue weighted by molar-refractivity contribution is 5.93. The summed E-state index contributed by atoms with van der Waals surface area (Å²) in [5, 5.41) is 11.4. The molecule has 0 heterocycles. The predicted octanol–water partition coefficient (Wildman–Crippen LogP) is 2.43. The van der Waals surface area contributed by atoms with Gasteiger partial charge in [0.15, 0.2) is 6.29 Å². The van der Waals surface area contributed by atoms with E-state index in [2.05, 4.69) is 5.92 Å². The standard InChI is InChI=1S/C15H13NO2/c1-3-6-16(2)14-5-4-11-7-13(10-17)15(18)9-12(11)8-14/h1,4-5,7-10,18H,6H2,2H3. The van der Waals surface area contributed by atoms with Crippen molar-refractivity contribution >= 4 is 22.7 Å². The molecule has 0 aliphatic rings. The second-order valence-corrected chi connectivity index (χ2v) is 4.12. The SMILES string of the molecule is C#CCN(C)c1ccc2cc(C=O)c(O)cc2c1. The molecule has 0 aromatic heterocycles. The van der Waals surface area contributed by atoms with Crippen molar-refractivity contribution in [3.63, 3.8) is 0 Å². The van der Waals surface area contributed by atoms with Crippen LogP contribution >= 0.6 is 0 Å². The fourth-order valence-electron chi connectivity index (χ4n) is 1.85. The molecule has 1 N–H and O–H groups in total. The summed E-state index contributed by atoms with van der Waals surface area (Å²) in [6, 6.07) is 9.03. The number of anilines is 1. The van der Waals surface area contributed by atoms with Gasteiger partial charge in [0.2, 0.25) is 0 Å². The molecule has 0 fully saturated rings. The third-order valence-corrected chi connectivity index (χ3v) is 2.87. The minimum Gasteiger partial charge on any atom is -0.507 e. The molecule has 0 aliphatic heterocycles. The average molecular weight is 239 g/mol. The van der Waals surface area contributed by atoms with E-state index in [4.69, 9.17) is 6.42 Å². The Hall–Kier alpha value is -2.47. The summed E-state index contributed by atoms with van der Waals surface area (Å²) in [5.41, 5.74) is 1.27. The van der Waals surface area contributed by atoms with Crippen LogP contribution < -0.4 is 4.90 Å². The molecule has 0 aliphatic carbocycles. The van der Waals surface area contributed by atoms with E-state index in [0.29, 0.717) is 18.4 Å². The van der Waals surface area contributed by atoms with Crippen LogP contribution in [-0.4, -0.2) is 25.0 Å². The first-order chi connectivity index (χ1) is 8.65. The molecule has 3 nitrogen and oxygen atoms in total. The van der Waals surface area contributed by atoms with Crippen LogP contribution in [0.25, 0.3) is 10.8 Å². The Balaban J connectivity index is 2.52. The highest BCUT2D eigenvalue weighted by Gasteiger charge is 2.05. The molecule has 0 amide bonds. The normalized spacial score (nSPS) is 10.0. The van der Waals surface area contributed by atoms with Crippen molar-refractivity contribution < 1.29 is 9.90 Å². The fraction of sp³-hybridized carbons (Fsp3) is 0.133. The van der Waals surface area contributed by atoms with Crippen molar-refractivity contribution in [3.8, 4) is 18.1 Å². The second kappa shape index (κ2) is 4.80. The molecule has 0 atom stereocenters. The van der Waals surface area contributed by atoms with E-state index >= 15 is 0 Å². The monoisotopic (exact) mass is 239 g/mol. The Kier molecular flexibility index (Phi) is 3.20. The fourth-order valence-corrected chi connectivity index (χ4v) is 1.85. The van der Waals surface area contributed by atoms with E-state index in [-0.39, 0.29) is 5.75 Å². The molecule has 0 saturated heterocycles. The number of rotatable bonds is 3. The number of terminal acetylenes is 1. The van der Waals surface area contributed by atoms with Gasteiger partial charge >= 0.3 is 0 Å². The highest BCUT2D eigenvalue weighted by atomic mass is 16.3. The van der Waals surface area contributed by atoms with Crippen molar-refractivity contribution in [1.29, 1.82) is 0 Å². The van der Waals surface area contributed by atoms with Crippen molar-refractivity contribution in [1.82, 2.24) is 0 Å². The molecule has 2 aromatic carbocycles. The van der Waals surface area contributed by atoms with E-state index < -0.39 is 0 Å². The molecule has 2 rings (SSSR count). The Morgan fingerprint density at radius 1 is 1.33 bits per heavy atom. The second-order valence-electron chi connectivity index (χ2n) is 4.12. The van der Waals surface area contributed by atoms with Crippen LogP contribution in [0.4, 0.5) is 5.69 Å². The van der Waals surface area contributed by atoms with Gasteiger partial charge in [0, 0.05) is 12.7 Å². The topological polar surface area (TPSA) is 40.5 Å². The molecule has 0 spiro atoms. The molecular weight excluding hydrogens is 226 g/mol. The van der Waals surface area contributed by atoms with Gasteiger partial charge in [-0.3, -0.25) is 4.79 Å². The largest absolute Gasteiger partial charge is 0.507 e. The quantitative estimate of drug-likeness (QED) is 0.660. The number of carbonyl (C=O) groups excluding carboxylic acids is 1. The zero-order valence-electron chi connectivity index (χ0n) is 10.1. The maximum atomic E-state index is 10.7. The van der Waals surface area contributed by atoms with Crippen molar-refractivity contribution in [2.75, 3.05) is 18.5 Å². The minimum absolute atomic E-state index is 0.00532. The van der Waals surface area contributed by atoms with Gasteiger partial charge in [-0.2, -0.15) is 0 Å². The number of aldehydes is 1. The van der Waals surface area contributed by atoms with E-state index in [9.17, 15) is 9.90 Å². The lowest BCUT2D eigenvalue weighted by Crippen LogP contribution is -2.16. The van der Waals surface area contributed by atoms with Crippen LogP contribution in [0.2, 0.25) is 0 Å². The summed E-state index contributed by atoms with van der Waals surface area (Å²) in [7, 11) is 1.90. The molecule has 3 heteroatoms. The number of benzene rings is 2. The molecule has 90 valence electrons. The molecule has 0 saturated carbocycles. The number of carbonyl (C=O) groups is 1. The van der Waals surface area contributed by atoms with Gasteiger partial charge in [0.1, 0.15) is 5.75 Å². The lowest BCUT2D eigenvalue weighted by atomic mass is 10.1. The van der Waals surface area contributed by atoms with Gasteiger partial charge in [-0.05, 0) is 35.0 Å². The molecular formula is C15H13NO2. The van der Waals surface area contributed by atoms with Crippen molar-refractivity contribution in [2.24, 2.45) is 0 Å². The van der Waals surface area contributed by atoms with Crippen LogP contribution in [0.5, 0.6) is 5.75 Å². The number of nitrogens with zero attached hydrogens (tertiary/aromatic N) is 1. The van der Waals surface area contributed by atoms with Crippen LogP contribution in [0, 0.1) is 12.3 Å². The van der Waals surface area contributed by atoms with Gasteiger partial charge in [-0.15, -0.1) is 6.42 Å². The first-order valence-corrected chi connectivity index (χ1v) is 5.52. The molecule has 0 unspecified atom stereocenters. The summed E-state index contributed by atoms with van der Waals surface area (Å²) in [6.45, 7) is 0.518. The summed E-state index contributed by atoms with van der Waals surface area (Å²) in [4.78, 5) is 12.7. The van der Waals surface area contributed by atoms with Gasteiger partial charge in [-0.25, -0.2) is 0 Å². The maximum absolute atomic E-state index is 10.7. The number of hydrogen-bond acceptors (Lipinski definition) is 3. The number of phenolic OH excluding ortho intramolecular Hbond substituents is 1. The van der Waals surface area contributed by atoms with Gasteiger partial charge < -0.3 is 10.0 Å². The van der Waals surface area contributed by atoms with E-state index in [1.165, 1.54) is 0 Å². The van der Waals surface area contributed by atoms with Gasteiger partial charge in [-0.1, -0.05) is 12.0 Å². The summed E-state index contributed by atoms with van der Waals surface area (Å²) < 4.78 is 0. The smallest absolute Gasteiger partial charge is 0.153 e. The van der Waals surface area contributed by atoms with E-state index in [1.54, 1.807) is 12.1 Å². The number of phenols is 1. The van der Waals surface area contributed by atoms with E-state index in [0.717, 1.165) is 16.5 Å². The summed E-state index contributed by atoms with van der Waals surface area (Å²) in [5.74, 6) is 2.57. The van der Waals surface area contributed by atoms with Crippen LogP contribution in [0.1, 0.15) is 10.4 Å². The lowest BCUT2D eigenvalue weighted by Gasteiger charge is -2.16. The number of aromatic hydroxyl groups is 1. The van der Waals surface area contributed by atoms with Crippen LogP contribution in [-0.2, 0) is 0 Å². The van der Waals surface area contributed by atoms with E-state index in [1.807, 2.05) is 30.1 Å². The minimum atomic E-state index is -0.00532. The highest BCUT2D eigenvalue weighted by Crippen LogP contribution is 2.27. The average Bonchev–Trinajstić information content (AvgIpc) is 2.37. The van der Waals surface area contributed by atoms with Gasteiger partial charge in [0.05, 0.1) is 12.1 Å².